The minimum Gasteiger partial charge on any atom is -0.496 e. The van der Waals surface area contributed by atoms with Gasteiger partial charge in [0.05, 0.1) is 51.3 Å². The van der Waals surface area contributed by atoms with E-state index in [2.05, 4.69) is 26.2 Å². The van der Waals surface area contributed by atoms with Crippen molar-refractivity contribution in [3.63, 3.8) is 0 Å². The molecule has 27 heavy (non-hydrogen) atoms. The highest BCUT2D eigenvalue weighted by atomic mass is 79.9. The van der Waals surface area contributed by atoms with Crippen LogP contribution in [0.2, 0.25) is 0 Å². The Morgan fingerprint density at radius 1 is 0.889 bits per heavy atom. The molecule has 0 N–H and O–H groups in total. The number of benzene rings is 2. The fraction of sp³-hybridized carbons (Fsp3) is 0.263. The highest BCUT2D eigenvalue weighted by Gasteiger charge is 2.17. The molecule has 0 spiro atoms. The Morgan fingerprint density at radius 2 is 1.56 bits per heavy atom. The van der Waals surface area contributed by atoms with Gasteiger partial charge in [0.25, 0.3) is 0 Å². The Labute approximate surface area is 165 Å². The second kappa shape index (κ2) is 8.30. The van der Waals surface area contributed by atoms with E-state index in [1.165, 1.54) is 0 Å². The van der Waals surface area contributed by atoms with E-state index in [4.69, 9.17) is 18.9 Å². The molecule has 1 aromatic heterocycles. The summed E-state index contributed by atoms with van der Waals surface area (Å²) < 4.78 is 24.3. The summed E-state index contributed by atoms with van der Waals surface area (Å²) in [7, 11) is 6.39. The molecular formula is C19H20BrN3O4. The average Bonchev–Trinajstić information content (AvgIpc) is 3.15. The first-order valence-corrected chi connectivity index (χ1v) is 8.91. The van der Waals surface area contributed by atoms with Gasteiger partial charge in [0, 0.05) is 5.56 Å². The van der Waals surface area contributed by atoms with E-state index in [9.17, 15) is 0 Å². The molecule has 7 nitrogen and oxygen atoms in total. The Bertz CT molecular complexity index is 917. The molecule has 0 saturated carbocycles. The molecule has 3 rings (SSSR count). The molecular weight excluding hydrogens is 414 g/mol. The number of hydrogen-bond acceptors (Lipinski definition) is 6. The van der Waals surface area contributed by atoms with Gasteiger partial charge in [-0.2, -0.15) is 0 Å². The van der Waals surface area contributed by atoms with Crippen LogP contribution in [-0.4, -0.2) is 43.4 Å². The molecule has 0 aliphatic rings. The highest BCUT2D eigenvalue weighted by molar-refractivity contribution is 9.10. The second-order valence-electron chi connectivity index (χ2n) is 5.66. The zero-order valence-corrected chi connectivity index (χ0v) is 17.1. The zero-order valence-electron chi connectivity index (χ0n) is 15.5. The van der Waals surface area contributed by atoms with Crippen molar-refractivity contribution in [2.45, 2.75) is 6.54 Å². The molecule has 2 aromatic carbocycles. The van der Waals surface area contributed by atoms with Gasteiger partial charge in [-0.1, -0.05) is 11.3 Å². The molecule has 0 atom stereocenters. The molecule has 0 aliphatic carbocycles. The maximum Gasteiger partial charge on any atom is 0.203 e. The van der Waals surface area contributed by atoms with Crippen molar-refractivity contribution >= 4 is 15.9 Å². The first kappa shape index (κ1) is 19.0. The fourth-order valence-corrected chi connectivity index (χ4v) is 3.40. The van der Waals surface area contributed by atoms with Crippen molar-refractivity contribution in [1.82, 2.24) is 15.0 Å². The Balaban J connectivity index is 1.99. The number of hydrogen-bond donors (Lipinski definition) is 0. The van der Waals surface area contributed by atoms with Crippen molar-refractivity contribution in [2.75, 3.05) is 28.4 Å². The lowest BCUT2D eigenvalue weighted by molar-refractivity contribution is 0.324. The normalized spacial score (nSPS) is 10.6. The monoisotopic (exact) mass is 433 g/mol. The Kier molecular flexibility index (Phi) is 5.85. The summed E-state index contributed by atoms with van der Waals surface area (Å²) in [4.78, 5) is 0. The minimum absolute atomic E-state index is 0.543. The lowest BCUT2D eigenvalue weighted by Gasteiger charge is -2.14. The summed E-state index contributed by atoms with van der Waals surface area (Å²) in [5.41, 5.74) is 2.75. The van der Waals surface area contributed by atoms with Gasteiger partial charge in [-0.15, -0.1) is 5.10 Å². The maximum absolute atomic E-state index is 5.44. The van der Waals surface area contributed by atoms with Crippen LogP contribution >= 0.6 is 15.9 Å². The van der Waals surface area contributed by atoms with E-state index in [1.54, 1.807) is 34.6 Å². The summed E-state index contributed by atoms with van der Waals surface area (Å²) in [6.45, 7) is 0.550. The van der Waals surface area contributed by atoms with Crippen LogP contribution in [0.3, 0.4) is 0 Å². The molecule has 0 bridgehead atoms. The predicted octanol–water partition coefficient (Wildman–Crippen LogP) is 3.79. The van der Waals surface area contributed by atoms with Gasteiger partial charge >= 0.3 is 0 Å². The molecule has 0 aliphatic heterocycles. The molecule has 3 aromatic rings. The van der Waals surface area contributed by atoms with E-state index < -0.39 is 0 Å². The number of methoxy groups -OCH3 is 4. The van der Waals surface area contributed by atoms with E-state index in [-0.39, 0.29) is 0 Å². The number of ether oxygens (including phenoxy) is 4. The van der Waals surface area contributed by atoms with Gasteiger partial charge in [0.1, 0.15) is 5.75 Å². The quantitative estimate of drug-likeness (QED) is 0.564. The largest absolute Gasteiger partial charge is 0.496 e. The van der Waals surface area contributed by atoms with E-state index in [0.29, 0.717) is 23.8 Å². The van der Waals surface area contributed by atoms with E-state index in [1.807, 2.05) is 35.0 Å². The maximum atomic E-state index is 5.44. The first-order chi connectivity index (χ1) is 13.1. The lowest BCUT2D eigenvalue weighted by Crippen LogP contribution is -2.05. The van der Waals surface area contributed by atoms with Gasteiger partial charge in [0.15, 0.2) is 11.5 Å². The van der Waals surface area contributed by atoms with Gasteiger partial charge in [-0.05, 0) is 45.8 Å². The van der Waals surface area contributed by atoms with Crippen LogP contribution in [0.5, 0.6) is 23.0 Å². The van der Waals surface area contributed by atoms with Crippen molar-refractivity contribution < 1.29 is 18.9 Å². The van der Waals surface area contributed by atoms with Crippen LogP contribution in [0.4, 0.5) is 0 Å². The van der Waals surface area contributed by atoms with Gasteiger partial charge in [-0.3, -0.25) is 0 Å². The standard InChI is InChI=1S/C19H20BrN3O4/c1-24-16-6-5-12(7-14(16)20)11-23-15(10-21-22-23)13-8-17(25-2)19(27-4)18(9-13)26-3/h5-10H,11H2,1-4H3. The number of rotatable bonds is 7. The number of aromatic nitrogens is 3. The van der Waals surface area contributed by atoms with E-state index in [0.717, 1.165) is 27.0 Å². The number of halogens is 1. The summed E-state index contributed by atoms with van der Waals surface area (Å²) >= 11 is 3.51. The minimum atomic E-state index is 0.543. The Hall–Kier alpha value is -2.74. The van der Waals surface area contributed by atoms with E-state index >= 15 is 0 Å². The molecule has 0 fully saturated rings. The smallest absolute Gasteiger partial charge is 0.203 e. The Morgan fingerprint density at radius 3 is 2.11 bits per heavy atom. The van der Waals surface area contributed by atoms with Crippen LogP contribution in [-0.2, 0) is 6.54 Å². The third kappa shape index (κ3) is 3.85. The first-order valence-electron chi connectivity index (χ1n) is 8.12. The molecule has 1 heterocycles. The second-order valence-corrected chi connectivity index (χ2v) is 6.51. The van der Waals surface area contributed by atoms with Crippen molar-refractivity contribution in [3.8, 4) is 34.3 Å². The summed E-state index contributed by atoms with van der Waals surface area (Å²) in [6, 6.07) is 9.65. The summed E-state index contributed by atoms with van der Waals surface area (Å²) in [5.74, 6) is 2.47. The molecule has 0 unspecified atom stereocenters. The van der Waals surface area contributed by atoms with Crippen LogP contribution in [0.1, 0.15) is 5.56 Å². The molecule has 142 valence electrons. The van der Waals surface area contributed by atoms with Crippen LogP contribution in [0, 0.1) is 0 Å². The van der Waals surface area contributed by atoms with Crippen LogP contribution in [0.15, 0.2) is 41.0 Å². The average molecular weight is 434 g/mol. The third-order valence-corrected chi connectivity index (χ3v) is 4.75. The highest BCUT2D eigenvalue weighted by Crippen LogP contribution is 2.41. The summed E-state index contributed by atoms with van der Waals surface area (Å²) in [5, 5.41) is 8.29. The van der Waals surface area contributed by atoms with Gasteiger partial charge in [-0.25, -0.2) is 4.68 Å². The topological polar surface area (TPSA) is 67.6 Å². The third-order valence-electron chi connectivity index (χ3n) is 4.13. The number of nitrogens with zero attached hydrogens (tertiary/aromatic N) is 3. The SMILES string of the molecule is COc1ccc(Cn2nncc2-c2cc(OC)c(OC)c(OC)c2)cc1Br. The molecule has 8 heteroatoms. The van der Waals surface area contributed by atoms with Crippen molar-refractivity contribution in [3.05, 3.63) is 46.6 Å². The lowest BCUT2D eigenvalue weighted by atomic mass is 10.1. The predicted molar refractivity (Wildman–Crippen MR) is 105 cm³/mol. The summed E-state index contributed by atoms with van der Waals surface area (Å²) in [6.07, 6.45) is 1.71. The zero-order chi connectivity index (χ0) is 19.4. The molecule has 0 saturated heterocycles. The van der Waals surface area contributed by atoms with Crippen LogP contribution < -0.4 is 18.9 Å². The molecule has 0 amide bonds. The van der Waals surface area contributed by atoms with Crippen molar-refractivity contribution in [2.24, 2.45) is 0 Å². The van der Waals surface area contributed by atoms with Gasteiger partial charge in [0.2, 0.25) is 5.75 Å². The van der Waals surface area contributed by atoms with Crippen molar-refractivity contribution in [1.29, 1.82) is 0 Å². The van der Waals surface area contributed by atoms with Crippen LogP contribution in [0.25, 0.3) is 11.3 Å². The fourth-order valence-electron chi connectivity index (χ4n) is 2.81. The molecule has 0 radical (unpaired) electrons. The van der Waals surface area contributed by atoms with Gasteiger partial charge < -0.3 is 18.9 Å².